The van der Waals surface area contributed by atoms with Crippen LogP contribution in [-0.2, 0) is 16.1 Å². The Morgan fingerprint density at radius 1 is 1.18 bits per heavy atom. The standard InChI is InChI=1S/C23H18F5N5O5/c1-11-6-17(37-10-14-15(24)4-3-5-16(14)25)19-31-12(2)18(33(19)9-11)20(34)32-13(7-29)8-30-22(36)38-21(35)23(26,27)28/h3-6,9,13H,8,10H2,1-2H3,(H,30,36)(H,32,34). The van der Waals surface area contributed by atoms with Gasteiger partial charge in [-0.15, -0.1) is 0 Å². The molecule has 0 aliphatic carbocycles. The highest BCUT2D eigenvalue weighted by Gasteiger charge is 2.42. The Morgan fingerprint density at radius 3 is 2.45 bits per heavy atom. The predicted octanol–water partition coefficient (Wildman–Crippen LogP) is 3.25. The van der Waals surface area contributed by atoms with Crippen molar-refractivity contribution in [3.63, 3.8) is 0 Å². The molecule has 0 saturated heterocycles. The van der Waals surface area contributed by atoms with Crippen molar-refractivity contribution in [1.82, 2.24) is 20.0 Å². The number of alkyl halides is 3. The van der Waals surface area contributed by atoms with Crippen molar-refractivity contribution in [2.45, 2.75) is 32.7 Å². The van der Waals surface area contributed by atoms with Crippen molar-refractivity contribution < 1.29 is 45.8 Å². The van der Waals surface area contributed by atoms with Crippen LogP contribution >= 0.6 is 0 Å². The first-order valence-electron chi connectivity index (χ1n) is 10.6. The molecule has 2 aromatic heterocycles. The van der Waals surface area contributed by atoms with Gasteiger partial charge in [0.25, 0.3) is 5.91 Å². The minimum absolute atomic E-state index is 0.0549. The molecule has 10 nitrogen and oxygen atoms in total. The van der Waals surface area contributed by atoms with Crippen molar-refractivity contribution >= 4 is 23.6 Å². The topological polar surface area (TPSA) is 135 Å². The molecule has 0 bridgehead atoms. The van der Waals surface area contributed by atoms with Gasteiger partial charge in [-0.05, 0) is 37.6 Å². The first kappa shape index (κ1) is 27.8. The number of halogens is 5. The van der Waals surface area contributed by atoms with Crippen LogP contribution in [0.25, 0.3) is 5.65 Å². The number of aryl methyl sites for hydroxylation is 2. The number of esters is 1. The maximum absolute atomic E-state index is 14.0. The van der Waals surface area contributed by atoms with Gasteiger partial charge in [-0.3, -0.25) is 9.20 Å². The van der Waals surface area contributed by atoms with Gasteiger partial charge in [0.15, 0.2) is 11.4 Å². The Morgan fingerprint density at radius 2 is 1.84 bits per heavy atom. The van der Waals surface area contributed by atoms with Crippen LogP contribution in [0.3, 0.4) is 0 Å². The van der Waals surface area contributed by atoms with Crippen LogP contribution < -0.4 is 15.4 Å². The second kappa shape index (κ2) is 11.1. The maximum atomic E-state index is 14.0. The number of aromatic nitrogens is 2. The van der Waals surface area contributed by atoms with E-state index in [1.807, 2.05) is 0 Å². The van der Waals surface area contributed by atoms with Gasteiger partial charge in [-0.1, -0.05) is 6.07 Å². The molecule has 0 fully saturated rings. The zero-order valence-corrected chi connectivity index (χ0v) is 19.7. The van der Waals surface area contributed by atoms with E-state index in [9.17, 15) is 41.6 Å². The van der Waals surface area contributed by atoms with Gasteiger partial charge in [0.05, 0.1) is 23.9 Å². The van der Waals surface area contributed by atoms with Crippen molar-refractivity contribution in [2.24, 2.45) is 0 Å². The van der Waals surface area contributed by atoms with E-state index in [2.05, 4.69) is 15.0 Å². The average molecular weight is 539 g/mol. The fraction of sp³-hybridized carbons (Fsp3) is 0.261. The van der Waals surface area contributed by atoms with Crippen molar-refractivity contribution in [1.29, 1.82) is 5.26 Å². The molecule has 15 heteroatoms. The molecular weight excluding hydrogens is 521 g/mol. The van der Waals surface area contributed by atoms with E-state index in [0.29, 0.717) is 5.56 Å². The summed E-state index contributed by atoms with van der Waals surface area (Å²) in [4.78, 5) is 39.3. The van der Waals surface area contributed by atoms with Gasteiger partial charge in [-0.25, -0.2) is 23.4 Å². The van der Waals surface area contributed by atoms with Crippen LogP contribution in [0.4, 0.5) is 26.7 Å². The number of nitriles is 1. The zero-order chi connectivity index (χ0) is 28.2. The molecule has 0 aliphatic rings. The van der Waals surface area contributed by atoms with E-state index in [-0.39, 0.29) is 28.3 Å². The third kappa shape index (κ3) is 6.33. The number of nitrogens with one attached hydrogen (secondary N) is 2. The summed E-state index contributed by atoms with van der Waals surface area (Å²) in [5.74, 6) is -5.11. The normalized spacial score (nSPS) is 11.9. The summed E-state index contributed by atoms with van der Waals surface area (Å²) in [6, 6.07) is 5.09. The van der Waals surface area contributed by atoms with E-state index in [1.165, 1.54) is 29.7 Å². The SMILES string of the molecule is Cc1cc(OCc2c(F)cccc2F)c2nc(C)c(C(=O)NC(C#N)CNC(=O)OC(=O)C(F)(F)F)n2c1. The summed E-state index contributed by atoms with van der Waals surface area (Å²) >= 11 is 0. The second-order valence-corrected chi connectivity index (χ2v) is 7.82. The Bertz CT molecular complexity index is 1430. The van der Waals surface area contributed by atoms with Gasteiger partial charge in [-0.2, -0.15) is 18.4 Å². The number of amides is 2. The summed E-state index contributed by atoms with van der Waals surface area (Å²) < 4.78 is 75.0. The Balaban J connectivity index is 1.77. The number of hydrogen-bond donors (Lipinski definition) is 2. The monoisotopic (exact) mass is 539 g/mol. The smallest absolute Gasteiger partial charge is 0.485 e. The van der Waals surface area contributed by atoms with Crippen LogP contribution in [0.1, 0.15) is 27.3 Å². The minimum atomic E-state index is -5.40. The lowest BCUT2D eigenvalue weighted by Gasteiger charge is -2.14. The number of hydrogen-bond acceptors (Lipinski definition) is 7. The molecule has 38 heavy (non-hydrogen) atoms. The minimum Gasteiger partial charge on any atom is -0.485 e. The summed E-state index contributed by atoms with van der Waals surface area (Å²) in [7, 11) is 0. The average Bonchev–Trinajstić information content (AvgIpc) is 3.16. The molecule has 1 aromatic carbocycles. The number of benzene rings is 1. The van der Waals surface area contributed by atoms with Gasteiger partial charge in [0.2, 0.25) is 0 Å². The molecule has 1 atom stereocenters. The van der Waals surface area contributed by atoms with Crippen LogP contribution in [0, 0.1) is 36.8 Å². The van der Waals surface area contributed by atoms with Crippen LogP contribution in [0.15, 0.2) is 30.5 Å². The van der Waals surface area contributed by atoms with Crippen LogP contribution in [0.5, 0.6) is 5.75 Å². The molecule has 2 N–H and O–H groups in total. The van der Waals surface area contributed by atoms with Gasteiger partial charge in [0, 0.05) is 6.20 Å². The zero-order valence-electron chi connectivity index (χ0n) is 19.7. The number of carbonyl (C=O) groups is 3. The molecule has 1 unspecified atom stereocenters. The second-order valence-electron chi connectivity index (χ2n) is 7.82. The summed E-state index contributed by atoms with van der Waals surface area (Å²) in [6.07, 6.45) is -5.65. The predicted molar refractivity (Wildman–Crippen MR) is 118 cm³/mol. The van der Waals surface area contributed by atoms with Crippen molar-refractivity contribution in [2.75, 3.05) is 6.54 Å². The summed E-state index contributed by atoms with van der Waals surface area (Å²) in [5.41, 5.74) is 0.503. The molecule has 3 rings (SSSR count). The highest BCUT2D eigenvalue weighted by molar-refractivity contribution is 5.95. The van der Waals surface area contributed by atoms with E-state index in [1.54, 1.807) is 18.3 Å². The van der Waals surface area contributed by atoms with E-state index < -0.39 is 55.0 Å². The lowest BCUT2D eigenvalue weighted by Crippen LogP contribution is -2.44. The largest absolute Gasteiger partial charge is 0.491 e. The fourth-order valence-corrected chi connectivity index (χ4v) is 3.28. The van der Waals surface area contributed by atoms with Gasteiger partial charge in [0.1, 0.15) is 30.0 Å². The molecule has 0 radical (unpaired) electrons. The number of pyridine rings is 1. The Kier molecular flexibility index (Phi) is 8.14. The number of nitrogens with zero attached hydrogens (tertiary/aromatic N) is 3. The van der Waals surface area contributed by atoms with E-state index in [0.717, 1.165) is 12.1 Å². The number of imidazole rings is 1. The number of carbonyl (C=O) groups excluding carboxylic acids is 3. The Hall–Kier alpha value is -4.74. The molecule has 3 aromatic rings. The number of rotatable bonds is 7. The summed E-state index contributed by atoms with van der Waals surface area (Å²) in [5, 5.41) is 13.3. The number of ether oxygens (including phenoxy) is 2. The number of fused-ring (bicyclic) bond motifs is 1. The molecular formula is C23H18F5N5O5. The lowest BCUT2D eigenvalue weighted by molar-refractivity contribution is -0.192. The van der Waals surface area contributed by atoms with Crippen molar-refractivity contribution in [3.8, 4) is 11.8 Å². The van der Waals surface area contributed by atoms with E-state index >= 15 is 0 Å². The Labute approximate surface area is 211 Å². The van der Waals surface area contributed by atoms with Gasteiger partial charge >= 0.3 is 18.2 Å². The molecule has 2 amide bonds. The highest BCUT2D eigenvalue weighted by atomic mass is 19.4. The first-order chi connectivity index (χ1) is 17.8. The lowest BCUT2D eigenvalue weighted by atomic mass is 10.2. The molecule has 0 spiro atoms. The quantitative estimate of drug-likeness (QED) is 0.267. The third-order valence-corrected chi connectivity index (χ3v) is 4.97. The first-order valence-corrected chi connectivity index (χ1v) is 10.6. The fourth-order valence-electron chi connectivity index (χ4n) is 3.28. The van der Waals surface area contributed by atoms with Crippen LogP contribution in [0.2, 0.25) is 0 Å². The summed E-state index contributed by atoms with van der Waals surface area (Å²) in [6.45, 7) is 1.96. The van der Waals surface area contributed by atoms with Gasteiger partial charge < -0.3 is 20.1 Å². The molecule has 0 saturated carbocycles. The molecule has 200 valence electrons. The third-order valence-electron chi connectivity index (χ3n) is 4.97. The highest BCUT2D eigenvalue weighted by Crippen LogP contribution is 2.26. The maximum Gasteiger partial charge on any atom is 0.491 e. The number of alkyl carbamates (subject to hydrolysis) is 1. The van der Waals surface area contributed by atoms with E-state index in [4.69, 9.17) is 4.74 Å². The molecule has 0 aliphatic heterocycles. The van der Waals surface area contributed by atoms with Crippen molar-refractivity contribution in [3.05, 3.63) is 64.6 Å². The molecule has 2 heterocycles. The van der Waals surface area contributed by atoms with Crippen LogP contribution in [-0.4, -0.2) is 46.1 Å².